The number of unbranched alkanes of at least 4 members (excludes halogenated alkanes) is 2. The van der Waals surface area contributed by atoms with Gasteiger partial charge >= 0.3 is 0 Å². The second-order valence-corrected chi connectivity index (χ2v) is 14.1. The van der Waals surface area contributed by atoms with Crippen LogP contribution in [0.1, 0.15) is 66.2 Å². The first-order chi connectivity index (χ1) is 16.4. The predicted octanol–water partition coefficient (Wildman–Crippen LogP) is 8.59. The molecule has 0 spiro atoms. The summed E-state index contributed by atoms with van der Waals surface area (Å²) in [6.45, 7) is 10.3. The van der Waals surface area contributed by atoms with E-state index in [-0.39, 0.29) is 11.2 Å². The van der Waals surface area contributed by atoms with Crippen LogP contribution >= 0.6 is 43.2 Å². The summed E-state index contributed by atoms with van der Waals surface area (Å²) in [6, 6.07) is 12.1. The van der Waals surface area contributed by atoms with Crippen molar-refractivity contribution in [1.82, 2.24) is 9.97 Å². The van der Waals surface area contributed by atoms with Crippen molar-refractivity contribution in [1.29, 1.82) is 0 Å². The van der Waals surface area contributed by atoms with Gasteiger partial charge in [-0.3, -0.25) is 0 Å². The summed E-state index contributed by atoms with van der Waals surface area (Å²) in [7, 11) is 7.26. The highest BCUT2D eigenvalue weighted by Crippen LogP contribution is 2.31. The number of ether oxygens (including phenoxy) is 2. The zero-order chi connectivity index (χ0) is 24.5. The largest absolute Gasteiger partial charge is 0.375 e. The van der Waals surface area contributed by atoms with Crippen LogP contribution in [0.4, 0.5) is 0 Å². The first-order valence-electron chi connectivity index (χ1n) is 12.1. The van der Waals surface area contributed by atoms with Crippen LogP contribution in [-0.4, -0.2) is 45.9 Å². The number of aromatic nitrogens is 2. The Hall–Kier alpha value is -0.380. The number of nitrogens with zero attached hydrogens (tertiary/aromatic N) is 2. The van der Waals surface area contributed by atoms with Crippen LogP contribution in [0.3, 0.4) is 0 Å². The number of hydrogen-bond donors (Lipinski definition) is 0. The minimum absolute atomic E-state index is 0.0859. The minimum atomic E-state index is -0.148. The molecule has 0 bridgehead atoms. The maximum Gasteiger partial charge on any atom is 0.106 e. The molecule has 2 heterocycles. The molecule has 0 radical (unpaired) electrons. The Morgan fingerprint density at radius 3 is 1.74 bits per heavy atom. The fraction of sp³-hybridized carbons (Fsp3) is 0.615. The summed E-state index contributed by atoms with van der Waals surface area (Å²) in [5.41, 5.74) is -0.233. The van der Waals surface area contributed by atoms with Gasteiger partial charge in [0, 0.05) is 30.5 Å². The fourth-order valence-electron chi connectivity index (χ4n) is 3.04. The zero-order valence-corrected chi connectivity index (χ0v) is 24.3. The van der Waals surface area contributed by atoms with Crippen molar-refractivity contribution in [2.24, 2.45) is 0 Å². The van der Waals surface area contributed by atoms with Gasteiger partial charge in [0.25, 0.3) is 0 Å². The Balaban J connectivity index is 1.44. The highest BCUT2D eigenvalue weighted by molar-refractivity contribution is 8.77. The van der Waals surface area contributed by atoms with Crippen molar-refractivity contribution in [3.05, 3.63) is 48.8 Å². The van der Waals surface area contributed by atoms with E-state index < -0.39 is 0 Å². The van der Waals surface area contributed by atoms with Crippen molar-refractivity contribution in [3.8, 4) is 0 Å². The molecular weight excluding hydrogens is 501 g/mol. The molecule has 0 unspecified atom stereocenters. The molecule has 2 aromatic heterocycles. The van der Waals surface area contributed by atoms with Gasteiger partial charge in [0.2, 0.25) is 0 Å². The van der Waals surface area contributed by atoms with Crippen molar-refractivity contribution >= 4 is 43.2 Å². The molecule has 0 N–H and O–H groups in total. The van der Waals surface area contributed by atoms with Crippen molar-refractivity contribution in [2.45, 2.75) is 87.5 Å². The molecule has 0 aromatic carbocycles. The third-order valence-electron chi connectivity index (χ3n) is 5.13. The maximum atomic E-state index is 6.23. The SMILES string of the molecule is CC(C)(CCCCSSc1ccccn1)OCCC(C)(C)OCCCCSSc1ccccn1. The molecular formula is C26H40N2O2S4. The van der Waals surface area contributed by atoms with E-state index in [1.54, 1.807) is 21.6 Å². The third-order valence-corrected chi connectivity index (χ3v) is 9.83. The molecule has 0 amide bonds. The molecule has 0 aliphatic carbocycles. The highest BCUT2D eigenvalue weighted by Gasteiger charge is 2.22. The van der Waals surface area contributed by atoms with Gasteiger partial charge in [-0.05, 0) is 112 Å². The molecule has 8 heteroatoms. The Bertz CT molecular complexity index is 764. The fourth-order valence-corrected chi connectivity index (χ4v) is 7.09. The molecule has 2 rings (SSSR count). The van der Waals surface area contributed by atoms with E-state index in [1.807, 2.05) is 58.2 Å². The van der Waals surface area contributed by atoms with Gasteiger partial charge in [0.1, 0.15) is 10.1 Å². The summed E-state index contributed by atoms with van der Waals surface area (Å²) in [5.74, 6) is 2.25. The standard InChI is InChI=1S/C26H40N2O2S4/c1-25(2,15-7-11-21-31-33-23-13-5-8-17-27-23)30-20-16-26(3,4)29-19-10-12-22-32-34-24-14-6-9-18-28-24/h5-6,8-9,13-14,17-18H,7,10-12,15-16,19-22H2,1-4H3. The number of pyridine rings is 2. The molecule has 0 aliphatic heterocycles. The first-order valence-corrected chi connectivity index (χ1v) is 16.7. The average Bonchev–Trinajstić information content (AvgIpc) is 2.81. The Kier molecular flexibility index (Phi) is 15.0. The number of rotatable bonds is 19. The second kappa shape index (κ2) is 17.1. The topological polar surface area (TPSA) is 44.2 Å². The average molecular weight is 541 g/mol. The summed E-state index contributed by atoms with van der Waals surface area (Å²) in [6.07, 6.45) is 10.3. The molecule has 2 aromatic rings. The zero-order valence-electron chi connectivity index (χ0n) is 21.0. The van der Waals surface area contributed by atoms with Gasteiger partial charge in [-0.1, -0.05) is 33.7 Å². The normalized spacial score (nSPS) is 12.2. The molecule has 0 atom stereocenters. The van der Waals surface area contributed by atoms with Crippen LogP contribution in [0.2, 0.25) is 0 Å². The van der Waals surface area contributed by atoms with E-state index in [4.69, 9.17) is 9.47 Å². The van der Waals surface area contributed by atoms with E-state index in [2.05, 4.69) is 49.8 Å². The van der Waals surface area contributed by atoms with Gasteiger partial charge in [-0.2, -0.15) is 0 Å². The monoisotopic (exact) mass is 540 g/mol. The van der Waals surface area contributed by atoms with Crippen molar-refractivity contribution in [2.75, 3.05) is 24.7 Å². The molecule has 34 heavy (non-hydrogen) atoms. The van der Waals surface area contributed by atoms with E-state index >= 15 is 0 Å². The van der Waals surface area contributed by atoms with E-state index in [9.17, 15) is 0 Å². The Morgan fingerprint density at radius 2 is 1.18 bits per heavy atom. The molecule has 0 fully saturated rings. The summed E-state index contributed by atoms with van der Waals surface area (Å²) >= 11 is 0. The van der Waals surface area contributed by atoms with Crippen LogP contribution in [0.25, 0.3) is 0 Å². The van der Waals surface area contributed by atoms with Gasteiger partial charge in [-0.15, -0.1) is 0 Å². The molecule has 0 saturated heterocycles. The van der Waals surface area contributed by atoms with Gasteiger partial charge < -0.3 is 9.47 Å². The van der Waals surface area contributed by atoms with E-state index in [0.717, 1.165) is 60.5 Å². The summed E-state index contributed by atoms with van der Waals surface area (Å²) in [4.78, 5) is 8.67. The highest BCUT2D eigenvalue weighted by atomic mass is 33.1. The van der Waals surface area contributed by atoms with Crippen LogP contribution in [0, 0.1) is 0 Å². The van der Waals surface area contributed by atoms with Crippen LogP contribution in [0.15, 0.2) is 58.8 Å². The smallest absolute Gasteiger partial charge is 0.106 e. The van der Waals surface area contributed by atoms with Crippen LogP contribution < -0.4 is 0 Å². The van der Waals surface area contributed by atoms with Gasteiger partial charge in [0.05, 0.1) is 17.8 Å². The number of hydrogen-bond acceptors (Lipinski definition) is 8. The Labute approximate surface area is 222 Å². The summed E-state index contributed by atoms with van der Waals surface area (Å²) < 4.78 is 12.4. The first kappa shape index (κ1) is 29.8. The van der Waals surface area contributed by atoms with E-state index in [0.29, 0.717) is 0 Å². The second-order valence-electron chi connectivity index (χ2n) is 9.28. The maximum absolute atomic E-state index is 6.23. The minimum Gasteiger partial charge on any atom is -0.375 e. The molecule has 0 saturated carbocycles. The van der Waals surface area contributed by atoms with Gasteiger partial charge in [0.15, 0.2) is 0 Å². The van der Waals surface area contributed by atoms with Crippen LogP contribution in [0.5, 0.6) is 0 Å². The lowest BCUT2D eigenvalue weighted by molar-refractivity contribution is -0.0751. The molecule has 0 aliphatic rings. The Morgan fingerprint density at radius 1 is 0.647 bits per heavy atom. The summed E-state index contributed by atoms with van der Waals surface area (Å²) in [5, 5.41) is 2.16. The lowest BCUT2D eigenvalue weighted by atomic mass is 10.0. The lowest BCUT2D eigenvalue weighted by Gasteiger charge is -2.30. The third kappa shape index (κ3) is 14.9. The predicted molar refractivity (Wildman–Crippen MR) is 153 cm³/mol. The quantitative estimate of drug-likeness (QED) is 0.130. The molecule has 4 nitrogen and oxygen atoms in total. The van der Waals surface area contributed by atoms with Crippen LogP contribution in [-0.2, 0) is 9.47 Å². The lowest BCUT2D eigenvalue weighted by Crippen LogP contribution is -2.31. The van der Waals surface area contributed by atoms with Crippen molar-refractivity contribution < 1.29 is 9.47 Å². The molecule has 190 valence electrons. The van der Waals surface area contributed by atoms with Gasteiger partial charge in [-0.25, -0.2) is 9.97 Å². The van der Waals surface area contributed by atoms with Crippen molar-refractivity contribution in [3.63, 3.8) is 0 Å². The van der Waals surface area contributed by atoms with E-state index in [1.165, 1.54) is 12.8 Å².